The monoisotopic (exact) mass is 351 g/mol. The molecule has 0 radical (unpaired) electrons. The molecule has 2 aliphatic rings. The first-order chi connectivity index (χ1) is 11.6. The standard InChI is InChI=1S/C18H26N2O3S/c1-3-23-18(22)16-14(13-4-5-13)11-24-17(16)19-15(21)10-20-8-6-12(2)7-9-20/h11-13H,3-10H2,1-2H3,(H,19,21)/p+1. The first-order valence-corrected chi connectivity index (χ1v) is 9.88. The topological polar surface area (TPSA) is 59.8 Å². The Morgan fingerprint density at radius 1 is 1.29 bits per heavy atom. The molecule has 0 spiro atoms. The molecule has 1 amide bonds. The lowest BCUT2D eigenvalue weighted by atomic mass is 9.99. The van der Waals surface area contributed by atoms with Crippen LogP contribution in [0.1, 0.15) is 61.4 Å². The lowest BCUT2D eigenvalue weighted by molar-refractivity contribution is -0.897. The Kier molecular flexibility index (Phi) is 5.56. The Morgan fingerprint density at radius 3 is 2.62 bits per heavy atom. The third-order valence-electron chi connectivity index (χ3n) is 4.96. The molecule has 2 N–H and O–H groups in total. The number of likely N-dealkylation sites (tertiary alicyclic amines) is 1. The number of thiophene rings is 1. The first kappa shape index (κ1) is 17.4. The molecule has 6 heteroatoms. The Labute approximate surface area is 147 Å². The second-order valence-corrected chi connectivity index (χ2v) is 7.93. The van der Waals surface area contributed by atoms with Crippen molar-refractivity contribution in [1.82, 2.24) is 0 Å². The molecular weight excluding hydrogens is 324 g/mol. The van der Waals surface area contributed by atoms with Gasteiger partial charge in [-0.15, -0.1) is 11.3 Å². The Hall–Kier alpha value is -1.40. The number of nitrogens with one attached hydrogen (secondary N) is 2. The third-order valence-corrected chi connectivity index (χ3v) is 5.87. The summed E-state index contributed by atoms with van der Waals surface area (Å²) in [4.78, 5) is 26.1. The molecule has 24 heavy (non-hydrogen) atoms. The van der Waals surface area contributed by atoms with Crippen LogP contribution in [0.15, 0.2) is 5.38 Å². The predicted octanol–water partition coefficient (Wildman–Crippen LogP) is 2.06. The van der Waals surface area contributed by atoms with E-state index in [-0.39, 0.29) is 11.9 Å². The van der Waals surface area contributed by atoms with Crippen LogP contribution in [-0.2, 0) is 9.53 Å². The number of amides is 1. The van der Waals surface area contributed by atoms with Gasteiger partial charge in [-0.05, 0) is 55.4 Å². The molecule has 0 bridgehead atoms. The minimum atomic E-state index is -0.310. The van der Waals surface area contributed by atoms with Gasteiger partial charge in [-0.1, -0.05) is 6.92 Å². The molecule has 5 nitrogen and oxygen atoms in total. The van der Waals surface area contributed by atoms with Gasteiger partial charge in [0, 0.05) is 0 Å². The zero-order chi connectivity index (χ0) is 17.1. The summed E-state index contributed by atoms with van der Waals surface area (Å²) in [5, 5.41) is 5.64. The highest BCUT2D eigenvalue weighted by atomic mass is 32.1. The molecule has 1 aliphatic heterocycles. The highest BCUT2D eigenvalue weighted by Gasteiger charge is 2.32. The number of esters is 1. The van der Waals surface area contributed by atoms with Gasteiger partial charge in [-0.2, -0.15) is 0 Å². The molecule has 0 atom stereocenters. The van der Waals surface area contributed by atoms with Gasteiger partial charge in [-0.3, -0.25) is 4.79 Å². The van der Waals surface area contributed by atoms with Crippen LogP contribution in [0.3, 0.4) is 0 Å². The van der Waals surface area contributed by atoms with E-state index >= 15 is 0 Å². The molecule has 1 aliphatic carbocycles. The van der Waals surface area contributed by atoms with Crippen molar-refractivity contribution in [2.75, 3.05) is 31.6 Å². The number of ether oxygens (including phenoxy) is 1. The van der Waals surface area contributed by atoms with Crippen LogP contribution >= 0.6 is 11.3 Å². The summed E-state index contributed by atoms with van der Waals surface area (Å²) in [5.74, 6) is 0.913. The summed E-state index contributed by atoms with van der Waals surface area (Å²) in [5.41, 5.74) is 1.63. The summed E-state index contributed by atoms with van der Waals surface area (Å²) < 4.78 is 5.20. The molecule has 0 unspecified atom stereocenters. The maximum absolute atomic E-state index is 12.4. The zero-order valence-corrected chi connectivity index (χ0v) is 15.3. The number of piperidine rings is 1. The van der Waals surface area contributed by atoms with Gasteiger partial charge in [0.05, 0.1) is 25.3 Å². The molecule has 0 aromatic carbocycles. The van der Waals surface area contributed by atoms with E-state index in [2.05, 4.69) is 12.2 Å². The van der Waals surface area contributed by atoms with Crippen LogP contribution < -0.4 is 10.2 Å². The van der Waals surface area contributed by atoms with Crippen LogP contribution in [0.5, 0.6) is 0 Å². The van der Waals surface area contributed by atoms with Gasteiger partial charge in [0.2, 0.25) is 0 Å². The maximum Gasteiger partial charge on any atom is 0.341 e. The van der Waals surface area contributed by atoms with Gasteiger partial charge in [0.1, 0.15) is 5.00 Å². The van der Waals surface area contributed by atoms with Gasteiger partial charge in [-0.25, -0.2) is 4.79 Å². The van der Waals surface area contributed by atoms with Crippen molar-refractivity contribution in [2.45, 2.75) is 45.4 Å². The minimum Gasteiger partial charge on any atom is -0.462 e. The maximum atomic E-state index is 12.4. The summed E-state index contributed by atoms with van der Waals surface area (Å²) >= 11 is 1.45. The molecular formula is C18H27N2O3S+. The quantitative estimate of drug-likeness (QED) is 0.771. The van der Waals surface area contributed by atoms with Crippen molar-refractivity contribution in [3.63, 3.8) is 0 Å². The van der Waals surface area contributed by atoms with E-state index in [0.29, 0.717) is 29.6 Å². The van der Waals surface area contributed by atoms with E-state index in [1.807, 2.05) is 5.38 Å². The smallest absolute Gasteiger partial charge is 0.341 e. The molecule has 132 valence electrons. The lowest BCUT2D eigenvalue weighted by Crippen LogP contribution is -3.14. The molecule has 1 saturated carbocycles. The summed E-state index contributed by atoms with van der Waals surface area (Å²) in [7, 11) is 0. The van der Waals surface area contributed by atoms with Crippen LogP contribution in [-0.4, -0.2) is 38.1 Å². The fourth-order valence-corrected chi connectivity index (χ4v) is 4.36. The van der Waals surface area contributed by atoms with E-state index in [9.17, 15) is 9.59 Å². The molecule has 3 rings (SSSR count). The van der Waals surface area contributed by atoms with Crippen molar-refractivity contribution < 1.29 is 19.2 Å². The lowest BCUT2D eigenvalue weighted by Gasteiger charge is -2.26. The second-order valence-electron chi connectivity index (χ2n) is 7.05. The number of anilines is 1. The summed E-state index contributed by atoms with van der Waals surface area (Å²) in [6.45, 7) is 7.01. The van der Waals surface area contributed by atoms with Crippen LogP contribution in [0, 0.1) is 5.92 Å². The van der Waals surface area contributed by atoms with E-state index in [1.165, 1.54) is 29.1 Å². The van der Waals surface area contributed by atoms with Gasteiger partial charge >= 0.3 is 5.97 Å². The van der Waals surface area contributed by atoms with Crippen LogP contribution in [0.25, 0.3) is 0 Å². The van der Waals surface area contributed by atoms with Gasteiger partial charge in [0.15, 0.2) is 6.54 Å². The normalized spacial score (nSPS) is 23.8. The van der Waals surface area contributed by atoms with Crippen molar-refractivity contribution >= 4 is 28.2 Å². The largest absolute Gasteiger partial charge is 0.462 e. The molecule has 1 saturated heterocycles. The molecule has 1 aromatic rings. The number of quaternary nitrogens is 1. The summed E-state index contributed by atoms with van der Waals surface area (Å²) in [6, 6.07) is 0. The van der Waals surface area contributed by atoms with Crippen molar-refractivity contribution in [3.8, 4) is 0 Å². The zero-order valence-electron chi connectivity index (χ0n) is 14.5. The number of carbonyl (C=O) groups excluding carboxylic acids is 2. The fraction of sp³-hybridized carbons (Fsp3) is 0.667. The van der Waals surface area contributed by atoms with Crippen molar-refractivity contribution in [2.24, 2.45) is 5.92 Å². The average Bonchev–Trinajstić information content (AvgIpc) is 3.31. The Morgan fingerprint density at radius 2 is 2.00 bits per heavy atom. The van der Waals surface area contributed by atoms with Crippen molar-refractivity contribution in [1.29, 1.82) is 0 Å². The van der Waals surface area contributed by atoms with Crippen LogP contribution in [0.4, 0.5) is 5.00 Å². The fourth-order valence-electron chi connectivity index (χ4n) is 3.32. The van der Waals surface area contributed by atoms with Gasteiger partial charge in [0.25, 0.3) is 5.91 Å². The van der Waals surface area contributed by atoms with E-state index in [4.69, 9.17) is 4.74 Å². The molecule has 2 heterocycles. The Bertz CT molecular complexity index is 601. The van der Waals surface area contributed by atoms with E-state index in [1.54, 1.807) is 6.92 Å². The molecule has 1 aromatic heterocycles. The van der Waals surface area contributed by atoms with Crippen LogP contribution in [0.2, 0.25) is 0 Å². The highest BCUT2D eigenvalue weighted by molar-refractivity contribution is 7.15. The SMILES string of the molecule is CCOC(=O)c1c(C2CC2)csc1NC(=O)C[NH+]1CCC(C)CC1. The number of carbonyl (C=O) groups is 2. The third kappa shape index (κ3) is 4.16. The summed E-state index contributed by atoms with van der Waals surface area (Å²) in [6.07, 6.45) is 4.60. The highest BCUT2D eigenvalue weighted by Crippen LogP contribution is 2.46. The number of rotatable bonds is 6. The van der Waals surface area contributed by atoms with E-state index in [0.717, 1.165) is 37.4 Å². The number of hydrogen-bond acceptors (Lipinski definition) is 4. The van der Waals surface area contributed by atoms with Gasteiger partial charge < -0.3 is 15.0 Å². The van der Waals surface area contributed by atoms with E-state index < -0.39 is 0 Å². The average molecular weight is 351 g/mol. The van der Waals surface area contributed by atoms with Crippen molar-refractivity contribution in [3.05, 3.63) is 16.5 Å². The molecule has 2 fully saturated rings. The first-order valence-electron chi connectivity index (χ1n) is 9.00. The Balaban J connectivity index is 1.65. The number of hydrogen-bond donors (Lipinski definition) is 2. The predicted molar refractivity (Wildman–Crippen MR) is 94.8 cm³/mol. The minimum absolute atomic E-state index is 0.00528. The second kappa shape index (κ2) is 7.66.